The second-order valence-corrected chi connectivity index (χ2v) is 7.27. The molecule has 0 spiro atoms. The Labute approximate surface area is 161 Å². The number of hydrogen-bond donors (Lipinski definition) is 1. The van der Waals surface area contributed by atoms with E-state index in [4.69, 9.17) is 16.3 Å². The molecule has 0 aliphatic carbocycles. The minimum Gasteiger partial charge on any atom is -0.493 e. The van der Waals surface area contributed by atoms with E-state index in [-0.39, 0.29) is 5.78 Å². The normalized spacial score (nSPS) is 12.3. The fourth-order valence-corrected chi connectivity index (χ4v) is 3.79. The number of hydrogen-bond acceptors (Lipinski definition) is 4. The highest BCUT2D eigenvalue weighted by Crippen LogP contribution is 2.32. The number of ketones is 1. The fraction of sp³-hybridized carbons (Fsp3) is 0.0952. The monoisotopic (exact) mass is 381 g/mol. The van der Waals surface area contributed by atoms with Gasteiger partial charge in [-0.1, -0.05) is 41.9 Å². The van der Waals surface area contributed by atoms with Gasteiger partial charge in [0.1, 0.15) is 5.75 Å². The van der Waals surface area contributed by atoms with E-state index in [0.29, 0.717) is 16.1 Å². The predicted molar refractivity (Wildman–Crippen MR) is 106 cm³/mol. The molecule has 26 heavy (non-hydrogen) atoms. The molecule has 3 aromatic rings. The van der Waals surface area contributed by atoms with Crippen LogP contribution >= 0.6 is 23.5 Å². The molecule has 130 valence electrons. The van der Waals surface area contributed by atoms with Gasteiger partial charge < -0.3 is 9.46 Å². The van der Waals surface area contributed by atoms with E-state index in [9.17, 15) is 4.79 Å². The SMILES string of the molecule is O=C(c1ccccc1)c1cc(Cl)ccc1NSc1ccc2c(c1)CCO2. The lowest BCUT2D eigenvalue weighted by atomic mass is 10.0. The minimum atomic E-state index is -0.0569. The van der Waals surface area contributed by atoms with Crippen molar-refractivity contribution < 1.29 is 9.53 Å². The lowest BCUT2D eigenvalue weighted by molar-refractivity contribution is 0.103. The van der Waals surface area contributed by atoms with Crippen LogP contribution < -0.4 is 9.46 Å². The molecular formula is C21H16ClNO2S. The summed E-state index contributed by atoms with van der Waals surface area (Å²) in [7, 11) is 0. The zero-order chi connectivity index (χ0) is 17.9. The molecule has 0 bridgehead atoms. The first kappa shape index (κ1) is 17.0. The van der Waals surface area contributed by atoms with E-state index >= 15 is 0 Å². The summed E-state index contributed by atoms with van der Waals surface area (Å²) in [5, 5.41) is 0.537. The topological polar surface area (TPSA) is 38.3 Å². The average Bonchev–Trinajstić information content (AvgIpc) is 3.15. The number of carbonyl (C=O) groups is 1. The molecule has 0 aromatic heterocycles. The van der Waals surface area contributed by atoms with Gasteiger partial charge in [0.2, 0.25) is 0 Å². The third kappa shape index (κ3) is 3.57. The number of nitrogens with one attached hydrogen (secondary N) is 1. The van der Waals surface area contributed by atoms with Crippen LogP contribution in [-0.4, -0.2) is 12.4 Å². The molecule has 0 atom stereocenters. The second-order valence-electron chi connectivity index (χ2n) is 5.96. The number of anilines is 1. The fourth-order valence-electron chi connectivity index (χ4n) is 2.88. The van der Waals surface area contributed by atoms with Gasteiger partial charge in [-0.05, 0) is 53.9 Å². The van der Waals surface area contributed by atoms with Gasteiger partial charge in [0, 0.05) is 27.5 Å². The van der Waals surface area contributed by atoms with Crippen LogP contribution in [0.2, 0.25) is 5.02 Å². The first-order valence-electron chi connectivity index (χ1n) is 8.28. The van der Waals surface area contributed by atoms with E-state index < -0.39 is 0 Å². The zero-order valence-corrected chi connectivity index (χ0v) is 15.4. The number of benzene rings is 3. The Balaban J connectivity index is 1.58. The van der Waals surface area contributed by atoms with Crippen molar-refractivity contribution in [2.75, 3.05) is 11.3 Å². The number of halogens is 1. The van der Waals surface area contributed by atoms with Gasteiger partial charge >= 0.3 is 0 Å². The summed E-state index contributed by atoms with van der Waals surface area (Å²) in [6, 6.07) is 20.7. The van der Waals surface area contributed by atoms with Gasteiger partial charge in [-0.2, -0.15) is 0 Å². The maximum Gasteiger partial charge on any atom is 0.195 e. The lowest BCUT2D eigenvalue weighted by Gasteiger charge is -2.12. The van der Waals surface area contributed by atoms with Crippen LogP contribution in [-0.2, 0) is 6.42 Å². The van der Waals surface area contributed by atoms with Gasteiger partial charge in [-0.15, -0.1) is 0 Å². The largest absolute Gasteiger partial charge is 0.493 e. The molecule has 0 radical (unpaired) electrons. The quantitative estimate of drug-likeness (QED) is 0.459. The van der Waals surface area contributed by atoms with Gasteiger partial charge in [0.25, 0.3) is 0 Å². The molecule has 3 nitrogen and oxygen atoms in total. The molecule has 0 saturated carbocycles. The summed E-state index contributed by atoms with van der Waals surface area (Å²) in [6.07, 6.45) is 0.933. The maximum atomic E-state index is 12.9. The van der Waals surface area contributed by atoms with E-state index in [1.165, 1.54) is 17.5 Å². The zero-order valence-electron chi connectivity index (χ0n) is 13.9. The highest BCUT2D eigenvalue weighted by molar-refractivity contribution is 8.00. The maximum absolute atomic E-state index is 12.9. The molecule has 4 rings (SSSR count). The minimum absolute atomic E-state index is 0.0569. The Kier molecular flexibility index (Phi) is 4.87. The van der Waals surface area contributed by atoms with E-state index in [2.05, 4.69) is 10.8 Å². The van der Waals surface area contributed by atoms with Gasteiger partial charge in [0.05, 0.1) is 12.3 Å². The number of rotatable bonds is 5. The highest BCUT2D eigenvalue weighted by atomic mass is 35.5. The molecule has 1 aliphatic heterocycles. The number of fused-ring (bicyclic) bond motifs is 1. The standard InChI is InChI=1S/C21H16ClNO2S/c22-16-6-8-19(18(13-16)21(24)14-4-2-1-3-5-14)23-26-17-7-9-20-15(12-17)10-11-25-20/h1-9,12-13,23H,10-11H2. The van der Waals surface area contributed by atoms with Crippen LogP contribution in [0.3, 0.4) is 0 Å². The van der Waals surface area contributed by atoms with Gasteiger partial charge in [-0.3, -0.25) is 4.79 Å². The van der Waals surface area contributed by atoms with E-state index in [1.54, 1.807) is 24.3 Å². The van der Waals surface area contributed by atoms with E-state index in [0.717, 1.165) is 29.4 Å². The highest BCUT2D eigenvalue weighted by Gasteiger charge is 2.16. The molecule has 0 amide bonds. The summed E-state index contributed by atoms with van der Waals surface area (Å²) in [6.45, 7) is 0.740. The van der Waals surface area contributed by atoms with Crippen molar-refractivity contribution in [3.63, 3.8) is 0 Å². The van der Waals surface area contributed by atoms with Crippen molar-refractivity contribution in [3.05, 3.63) is 88.4 Å². The summed E-state index contributed by atoms with van der Waals surface area (Å²) in [5.74, 6) is 0.902. The Morgan fingerprint density at radius 2 is 1.88 bits per heavy atom. The van der Waals surface area contributed by atoms with Gasteiger partial charge in [0.15, 0.2) is 5.78 Å². The van der Waals surface area contributed by atoms with Crippen molar-refractivity contribution in [2.24, 2.45) is 0 Å². The molecule has 5 heteroatoms. The summed E-state index contributed by atoms with van der Waals surface area (Å²) in [4.78, 5) is 13.9. The van der Waals surface area contributed by atoms with Crippen molar-refractivity contribution in [2.45, 2.75) is 11.3 Å². The summed E-state index contributed by atoms with van der Waals surface area (Å²) < 4.78 is 8.83. The molecule has 0 fully saturated rings. The average molecular weight is 382 g/mol. The second kappa shape index (κ2) is 7.44. The first-order valence-corrected chi connectivity index (χ1v) is 9.48. The van der Waals surface area contributed by atoms with Crippen molar-refractivity contribution in [3.8, 4) is 5.75 Å². The Morgan fingerprint density at radius 3 is 2.73 bits per heavy atom. The van der Waals surface area contributed by atoms with Crippen LogP contribution in [0.1, 0.15) is 21.5 Å². The van der Waals surface area contributed by atoms with Crippen molar-refractivity contribution in [1.29, 1.82) is 0 Å². The van der Waals surface area contributed by atoms with Crippen LogP contribution in [0, 0.1) is 0 Å². The molecular weight excluding hydrogens is 366 g/mol. The smallest absolute Gasteiger partial charge is 0.195 e. The lowest BCUT2D eigenvalue weighted by Crippen LogP contribution is -2.04. The van der Waals surface area contributed by atoms with Gasteiger partial charge in [-0.25, -0.2) is 0 Å². The third-order valence-electron chi connectivity index (χ3n) is 4.20. The molecule has 1 heterocycles. The molecule has 0 unspecified atom stereocenters. The third-order valence-corrected chi connectivity index (χ3v) is 5.25. The number of ether oxygens (including phenoxy) is 1. The molecule has 1 aliphatic rings. The van der Waals surface area contributed by atoms with Crippen LogP contribution in [0.4, 0.5) is 5.69 Å². The Bertz CT molecular complexity index is 959. The Morgan fingerprint density at radius 1 is 1.04 bits per heavy atom. The summed E-state index contributed by atoms with van der Waals surface area (Å²) >= 11 is 7.60. The molecule has 3 aromatic carbocycles. The van der Waals surface area contributed by atoms with E-state index in [1.807, 2.05) is 36.4 Å². The van der Waals surface area contributed by atoms with Crippen LogP contribution in [0.5, 0.6) is 5.75 Å². The van der Waals surface area contributed by atoms with Crippen LogP contribution in [0.15, 0.2) is 71.6 Å². The Hall–Kier alpha value is -2.43. The molecule has 0 saturated heterocycles. The van der Waals surface area contributed by atoms with Crippen LogP contribution in [0.25, 0.3) is 0 Å². The summed E-state index contributed by atoms with van der Waals surface area (Å²) in [5.41, 5.74) is 3.15. The number of carbonyl (C=O) groups excluding carboxylic acids is 1. The first-order chi connectivity index (χ1) is 12.7. The predicted octanol–water partition coefficient (Wildman–Crippen LogP) is 5.63. The van der Waals surface area contributed by atoms with Crippen molar-refractivity contribution in [1.82, 2.24) is 0 Å². The molecule has 1 N–H and O–H groups in total. The van der Waals surface area contributed by atoms with Crippen molar-refractivity contribution >= 4 is 35.0 Å².